The average molecular weight is 379 g/mol. The van der Waals surface area contributed by atoms with Crippen molar-refractivity contribution in [1.82, 2.24) is 9.80 Å². The maximum absolute atomic E-state index is 2.72. The molecule has 0 N–H and O–H groups in total. The maximum atomic E-state index is 2.72. The lowest BCUT2D eigenvalue weighted by atomic mass is 9.99. The Morgan fingerprint density at radius 1 is 0.800 bits per heavy atom. The Hall–Kier alpha value is -1.06. The van der Waals surface area contributed by atoms with E-state index in [9.17, 15) is 0 Å². The molecule has 0 amide bonds. The lowest BCUT2D eigenvalue weighted by molar-refractivity contribution is 0.0791. The molecule has 2 aromatic rings. The molecule has 1 atom stereocenters. The van der Waals surface area contributed by atoms with Gasteiger partial charge in [0.1, 0.15) is 0 Å². The molecule has 2 aromatic carbocycles. The molecule has 0 aliphatic carbocycles. The molecule has 25 heavy (non-hydrogen) atoms. The van der Waals surface area contributed by atoms with Crippen LogP contribution >= 0.6 is 24.8 Å². The van der Waals surface area contributed by atoms with Crippen molar-refractivity contribution >= 4 is 24.8 Å². The molecule has 1 unspecified atom stereocenters. The largest absolute Gasteiger partial charge is 0.300 e. The highest BCUT2D eigenvalue weighted by atomic mass is 35.5. The SMILES string of the molecule is Cl.Cl.c1ccc(CCN2CCN3CCc4ccccc4CC3C2)cc1. The van der Waals surface area contributed by atoms with Gasteiger partial charge in [0, 0.05) is 38.8 Å². The molecule has 2 nitrogen and oxygen atoms in total. The second-order valence-electron chi connectivity index (χ2n) is 6.95. The molecule has 2 heterocycles. The minimum Gasteiger partial charge on any atom is -0.300 e. The minimum absolute atomic E-state index is 0. The Balaban J connectivity index is 0.00000113. The Bertz CT molecular complexity index is 647. The van der Waals surface area contributed by atoms with Crippen LogP contribution in [0.5, 0.6) is 0 Å². The topological polar surface area (TPSA) is 6.48 Å². The van der Waals surface area contributed by atoms with Crippen LogP contribution in [-0.2, 0) is 19.3 Å². The number of halogens is 2. The fourth-order valence-corrected chi connectivity index (χ4v) is 4.10. The van der Waals surface area contributed by atoms with Gasteiger partial charge in [0.2, 0.25) is 0 Å². The van der Waals surface area contributed by atoms with Gasteiger partial charge in [-0.05, 0) is 36.0 Å². The van der Waals surface area contributed by atoms with Crippen LogP contribution in [-0.4, -0.2) is 48.6 Å². The predicted molar refractivity (Wildman–Crippen MR) is 110 cm³/mol. The molecule has 2 aliphatic rings. The zero-order chi connectivity index (χ0) is 15.5. The highest BCUT2D eigenvalue weighted by Crippen LogP contribution is 2.22. The van der Waals surface area contributed by atoms with Gasteiger partial charge < -0.3 is 4.90 Å². The lowest BCUT2D eigenvalue weighted by Gasteiger charge is -2.40. The monoisotopic (exact) mass is 378 g/mol. The van der Waals surface area contributed by atoms with Crippen LogP contribution < -0.4 is 0 Å². The number of hydrogen-bond donors (Lipinski definition) is 0. The smallest absolute Gasteiger partial charge is 0.0264 e. The van der Waals surface area contributed by atoms with E-state index < -0.39 is 0 Å². The number of hydrogen-bond acceptors (Lipinski definition) is 2. The van der Waals surface area contributed by atoms with Gasteiger partial charge in [0.05, 0.1) is 0 Å². The summed E-state index contributed by atoms with van der Waals surface area (Å²) in [5.74, 6) is 0. The van der Waals surface area contributed by atoms with Crippen molar-refractivity contribution < 1.29 is 0 Å². The molecule has 0 bridgehead atoms. The summed E-state index contributed by atoms with van der Waals surface area (Å²) in [5.41, 5.74) is 4.60. The van der Waals surface area contributed by atoms with Crippen LogP contribution in [0.2, 0.25) is 0 Å². The first kappa shape index (κ1) is 20.3. The summed E-state index contributed by atoms with van der Waals surface area (Å²) < 4.78 is 0. The van der Waals surface area contributed by atoms with E-state index >= 15 is 0 Å². The zero-order valence-electron chi connectivity index (χ0n) is 14.6. The third kappa shape index (κ3) is 4.98. The summed E-state index contributed by atoms with van der Waals surface area (Å²) in [5, 5.41) is 0. The quantitative estimate of drug-likeness (QED) is 0.799. The molecule has 1 saturated heterocycles. The first-order chi connectivity index (χ1) is 11.4. The van der Waals surface area contributed by atoms with E-state index in [0.29, 0.717) is 6.04 Å². The third-order valence-electron chi connectivity index (χ3n) is 5.49. The molecule has 4 heteroatoms. The van der Waals surface area contributed by atoms with Crippen LogP contribution in [0.25, 0.3) is 0 Å². The van der Waals surface area contributed by atoms with Crippen molar-refractivity contribution in [2.24, 2.45) is 0 Å². The summed E-state index contributed by atoms with van der Waals surface area (Å²) in [6.45, 7) is 6.10. The van der Waals surface area contributed by atoms with Crippen molar-refractivity contribution in [2.45, 2.75) is 25.3 Å². The summed E-state index contributed by atoms with van der Waals surface area (Å²) in [6, 6.07) is 20.6. The summed E-state index contributed by atoms with van der Waals surface area (Å²) >= 11 is 0. The highest BCUT2D eigenvalue weighted by molar-refractivity contribution is 5.85. The van der Waals surface area contributed by atoms with Crippen molar-refractivity contribution in [1.29, 1.82) is 0 Å². The van der Waals surface area contributed by atoms with Gasteiger partial charge in [-0.3, -0.25) is 4.90 Å². The summed E-state index contributed by atoms with van der Waals surface area (Å²) in [7, 11) is 0. The van der Waals surface area contributed by atoms with Gasteiger partial charge in [0.15, 0.2) is 0 Å². The molecular weight excluding hydrogens is 351 g/mol. The fourth-order valence-electron chi connectivity index (χ4n) is 4.10. The van der Waals surface area contributed by atoms with Gasteiger partial charge >= 0.3 is 0 Å². The highest BCUT2D eigenvalue weighted by Gasteiger charge is 2.29. The van der Waals surface area contributed by atoms with Gasteiger partial charge in [0.25, 0.3) is 0 Å². The molecule has 136 valence electrons. The molecule has 0 aromatic heterocycles. The molecule has 0 saturated carbocycles. The van der Waals surface area contributed by atoms with E-state index in [-0.39, 0.29) is 24.8 Å². The van der Waals surface area contributed by atoms with E-state index in [4.69, 9.17) is 0 Å². The number of benzene rings is 2. The predicted octanol–water partition coefficient (Wildman–Crippen LogP) is 3.86. The maximum Gasteiger partial charge on any atom is 0.0264 e. The molecule has 0 spiro atoms. The number of nitrogens with zero attached hydrogens (tertiary/aromatic N) is 2. The van der Waals surface area contributed by atoms with Gasteiger partial charge in [-0.25, -0.2) is 0 Å². The van der Waals surface area contributed by atoms with Crippen LogP contribution in [0, 0.1) is 0 Å². The fraction of sp³-hybridized carbons (Fsp3) is 0.429. The van der Waals surface area contributed by atoms with Gasteiger partial charge in [-0.1, -0.05) is 54.6 Å². The first-order valence-electron chi connectivity index (χ1n) is 8.95. The Morgan fingerprint density at radius 3 is 2.32 bits per heavy atom. The molecule has 1 fully saturated rings. The number of rotatable bonds is 3. The molecule has 0 radical (unpaired) electrons. The van der Waals surface area contributed by atoms with E-state index in [2.05, 4.69) is 64.4 Å². The first-order valence-corrected chi connectivity index (χ1v) is 8.95. The molecule has 2 aliphatic heterocycles. The number of fused-ring (bicyclic) bond motifs is 2. The van der Waals surface area contributed by atoms with Crippen LogP contribution in [0.4, 0.5) is 0 Å². The van der Waals surface area contributed by atoms with Crippen LogP contribution in [0.3, 0.4) is 0 Å². The molecular formula is C21H28Cl2N2. The number of piperazine rings is 1. The van der Waals surface area contributed by atoms with E-state index in [1.165, 1.54) is 57.5 Å². The Labute approximate surface area is 164 Å². The summed E-state index contributed by atoms with van der Waals surface area (Å²) in [6.07, 6.45) is 3.61. The standard InChI is InChI=1S/C21H26N2.2ClH/c1-2-6-18(7-3-1)10-12-22-14-15-23-13-11-19-8-4-5-9-20(19)16-21(23)17-22;;/h1-9,21H,10-17H2;2*1H. The van der Waals surface area contributed by atoms with Crippen LogP contribution in [0.15, 0.2) is 54.6 Å². The van der Waals surface area contributed by atoms with Crippen molar-refractivity contribution in [3.8, 4) is 0 Å². The summed E-state index contributed by atoms with van der Waals surface area (Å²) in [4.78, 5) is 5.39. The molecule has 4 rings (SSSR count). The van der Waals surface area contributed by atoms with Crippen molar-refractivity contribution in [3.63, 3.8) is 0 Å². The van der Waals surface area contributed by atoms with Gasteiger partial charge in [-0.2, -0.15) is 0 Å². The van der Waals surface area contributed by atoms with E-state index in [1.54, 1.807) is 11.1 Å². The average Bonchev–Trinajstić information content (AvgIpc) is 2.79. The minimum atomic E-state index is 0. The van der Waals surface area contributed by atoms with Gasteiger partial charge in [-0.15, -0.1) is 24.8 Å². The van der Waals surface area contributed by atoms with Crippen LogP contribution in [0.1, 0.15) is 16.7 Å². The Kier molecular flexibility index (Phi) is 7.77. The second kappa shape index (κ2) is 9.59. The normalized spacial score (nSPS) is 20.4. The zero-order valence-corrected chi connectivity index (χ0v) is 16.3. The lowest BCUT2D eigenvalue weighted by Crippen LogP contribution is -2.54. The van der Waals surface area contributed by atoms with Crippen molar-refractivity contribution in [3.05, 3.63) is 71.3 Å². The second-order valence-corrected chi connectivity index (χ2v) is 6.95. The van der Waals surface area contributed by atoms with E-state index in [0.717, 1.165) is 0 Å². The Morgan fingerprint density at radius 2 is 1.52 bits per heavy atom. The third-order valence-corrected chi connectivity index (χ3v) is 5.49. The van der Waals surface area contributed by atoms with E-state index in [1.807, 2.05) is 0 Å². The van der Waals surface area contributed by atoms with Crippen molar-refractivity contribution in [2.75, 3.05) is 32.7 Å².